The van der Waals surface area contributed by atoms with Crippen LogP contribution in [0.4, 0.5) is 5.95 Å². The van der Waals surface area contributed by atoms with Crippen LogP contribution >= 0.6 is 0 Å². The van der Waals surface area contributed by atoms with E-state index in [1.165, 1.54) is 17.8 Å². The number of nitrogens with zero attached hydrogens (tertiary/aromatic N) is 3. The van der Waals surface area contributed by atoms with Crippen molar-refractivity contribution in [1.82, 2.24) is 19.5 Å². The molecule has 0 bridgehead atoms. The van der Waals surface area contributed by atoms with Crippen molar-refractivity contribution in [3.63, 3.8) is 0 Å². The molecular formula is C33H27N5O9. The predicted octanol–water partition coefficient (Wildman–Crippen LogP) is 3.28. The van der Waals surface area contributed by atoms with E-state index in [0.29, 0.717) is 0 Å². The number of rotatable bonds is 9. The summed E-state index contributed by atoms with van der Waals surface area (Å²) in [5.74, 6) is -2.82. The van der Waals surface area contributed by atoms with E-state index < -0.39 is 60.5 Å². The van der Waals surface area contributed by atoms with Crippen molar-refractivity contribution >= 4 is 40.9 Å². The number of ether oxygens (including phenoxy) is 4. The minimum absolute atomic E-state index is 0.0293. The molecule has 3 heterocycles. The van der Waals surface area contributed by atoms with E-state index in [9.17, 15) is 24.0 Å². The fourth-order valence-electron chi connectivity index (χ4n) is 5.02. The summed E-state index contributed by atoms with van der Waals surface area (Å²) in [6.45, 7) is 0.835. The van der Waals surface area contributed by atoms with Crippen molar-refractivity contribution in [3.05, 3.63) is 124 Å². The van der Waals surface area contributed by atoms with Gasteiger partial charge in [0.25, 0.3) is 5.56 Å². The zero-order valence-corrected chi connectivity index (χ0v) is 24.8. The monoisotopic (exact) mass is 637 g/mol. The third kappa shape index (κ3) is 6.77. The molecule has 0 spiro atoms. The number of imidazole rings is 1. The molecule has 14 heteroatoms. The second-order valence-corrected chi connectivity index (χ2v) is 10.4. The number of aromatic nitrogens is 4. The van der Waals surface area contributed by atoms with E-state index in [1.54, 1.807) is 91.0 Å². The SMILES string of the molecule is CC(=O)Nc1nc2c(ncn2C2OC(COC(=O)c3ccccc3)C(OC(=O)c3ccccc3)C2OC(=O)c2ccccc2)c(=O)[nH]1. The molecule has 3 aromatic carbocycles. The van der Waals surface area contributed by atoms with Gasteiger partial charge in [0.1, 0.15) is 12.7 Å². The number of hydrogen-bond donors (Lipinski definition) is 2. The van der Waals surface area contributed by atoms with Crippen molar-refractivity contribution in [2.45, 2.75) is 31.5 Å². The first-order valence-corrected chi connectivity index (χ1v) is 14.4. The van der Waals surface area contributed by atoms with Crippen LogP contribution in [0.15, 0.2) is 102 Å². The zero-order chi connectivity index (χ0) is 32.9. The van der Waals surface area contributed by atoms with Gasteiger partial charge in [0.15, 0.2) is 29.6 Å². The van der Waals surface area contributed by atoms with Gasteiger partial charge in [-0.25, -0.2) is 19.4 Å². The molecule has 238 valence electrons. The van der Waals surface area contributed by atoms with E-state index >= 15 is 0 Å². The molecule has 0 saturated carbocycles. The van der Waals surface area contributed by atoms with E-state index in [-0.39, 0.29) is 33.8 Å². The summed E-state index contributed by atoms with van der Waals surface area (Å²) in [6, 6.07) is 24.5. The summed E-state index contributed by atoms with van der Waals surface area (Å²) in [7, 11) is 0. The van der Waals surface area contributed by atoms with Crippen molar-refractivity contribution < 1.29 is 38.1 Å². The molecule has 2 N–H and O–H groups in total. The van der Waals surface area contributed by atoms with Crippen LogP contribution < -0.4 is 10.9 Å². The molecule has 1 saturated heterocycles. The number of hydrogen-bond acceptors (Lipinski definition) is 11. The molecule has 0 radical (unpaired) electrons. The molecule has 47 heavy (non-hydrogen) atoms. The van der Waals surface area contributed by atoms with Gasteiger partial charge < -0.3 is 18.9 Å². The topological polar surface area (TPSA) is 181 Å². The normalized spacial score (nSPS) is 18.7. The second kappa shape index (κ2) is 13.5. The van der Waals surface area contributed by atoms with Gasteiger partial charge in [0.2, 0.25) is 11.9 Å². The van der Waals surface area contributed by atoms with Crippen molar-refractivity contribution in [2.24, 2.45) is 0 Å². The number of nitrogens with one attached hydrogen (secondary N) is 2. The molecule has 6 rings (SSSR count). The van der Waals surface area contributed by atoms with Crippen LogP contribution in [-0.2, 0) is 23.7 Å². The van der Waals surface area contributed by atoms with E-state index in [4.69, 9.17) is 18.9 Å². The second-order valence-electron chi connectivity index (χ2n) is 10.4. The summed E-state index contributed by atoms with van der Waals surface area (Å²) in [5, 5.41) is 2.42. The van der Waals surface area contributed by atoms with Crippen LogP contribution in [0.25, 0.3) is 11.2 Å². The van der Waals surface area contributed by atoms with Crippen LogP contribution in [-0.4, -0.2) is 68.3 Å². The maximum Gasteiger partial charge on any atom is 0.338 e. The van der Waals surface area contributed by atoms with Crippen molar-refractivity contribution in [2.75, 3.05) is 11.9 Å². The minimum atomic E-state index is -1.36. The summed E-state index contributed by atoms with van der Waals surface area (Å²) in [5.41, 5.74) is -0.0946. The fraction of sp³-hybridized carbons (Fsp3) is 0.182. The van der Waals surface area contributed by atoms with Crippen LogP contribution in [0, 0.1) is 0 Å². The van der Waals surface area contributed by atoms with E-state index in [1.807, 2.05) is 0 Å². The largest absolute Gasteiger partial charge is 0.459 e. The highest BCUT2D eigenvalue weighted by Crippen LogP contribution is 2.36. The van der Waals surface area contributed by atoms with Crippen LogP contribution in [0.3, 0.4) is 0 Å². The smallest absolute Gasteiger partial charge is 0.338 e. The number of H-pyrrole nitrogens is 1. The zero-order valence-electron chi connectivity index (χ0n) is 24.8. The fourth-order valence-corrected chi connectivity index (χ4v) is 5.02. The van der Waals surface area contributed by atoms with Crippen LogP contribution in [0.1, 0.15) is 44.2 Å². The lowest BCUT2D eigenvalue weighted by molar-refractivity contribution is -0.114. The van der Waals surface area contributed by atoms with E-state index in [2.05, 4.69) is 20.3 Å². The number of fused-ring (bicyclic) bond motifs is 1. The third-order valence-electron chi connectivity index (χ3n) is 7.18. The Labute approximate surface area is 266 Å². The maximum absolute atomic E-state index is 13.4. The Balaban J connectivity index is 1.41. The minimum Gasteiger partial charge on any atom is -0.459 e. The molecule has 2 aromatic heterocycles. The standard InChI is InChI=1S/C33H27N5O9/c1-19(39)35-33-36-27-24(28(40)37-33)34-18-38(27)29-26(47-32(43)22-15-9-4-10-16-22)25(46-31(42)21-13-7-3-8-14-21)23(45-29)17-44-30(41)20-11-5-2-6-12-20/h2-16,18,23,25-26,29H,17H2,1H3,(H2,35,36,37,39,40). The highest BCUT2D eigenvalue weighted by molar-refractivity contribution is 5.91. The van der Waals surface area contributed by atoms with Gasteiger partial charge in [-0.2, -0.15) is 4.98 Å². The van der Waals surface area contributed by atoms with Gasteiger partial charge in [-0.3, -0.25) is 24.5 Å². The van der Waals surface area contributed by atoms with Crippen LogP contribution in [0.2, 0.25) is 0 Å². The maximum atomic E-state index is 13.4. The predicted molar refractivity (Wildman–Crippen MR) is 164 cm³/mol. The summed E-state index contributed by atoms with van der Waals surface area (Å²) < 4.78 is 25.1. The van der Waals surface area contributed by atoms with Gasteiger partial charge in [0, 0.05) is 6.92 Å². The Kier molecular flexibility index (Phi) is 8.84. The van der Waals surface area contributed by atoms with Gasteiger partial charge in [-0.1, -0.05) is 54.6 Å². The van der Waals surface area contributed by atoms with Gasteiger partial charge in [-0.15, -0.1) is 0 Å². The van der Waals surface area contributed by atoms with Crippen molar-refractivity contribution in [1.29, 1.82) is 0 Å². The number of carbonyl (C=O) groups excluding carboxylic acids is 4. The highest BCUT2D eigenvalue weighted by Gasteiger charge is 2.52. The molecule has 1 amide bonds. The molecule has 4 unspecified atom stereocenters. The average molecular weight is 638 g/mol. The Bertz CT molecular complexity index is 1980. The Morgan fingerprint density at radius 1 is 0.809 bits per heavy atom. The number of aromatic amines is 1. The molecular weight excluding hydrogens is 610 g/mol. The first-order chi connectivity index (χ1) is 22.8. The van der Waals surface area contributed by atoms with Gasteiger partial charge in [0.05, 0.1) is 23.0 Å². The molecule has 5 aromatic rings. The van der Waals surface area contributed by atoms with Crippen LogP contribution in [0.5, 0.6) is 0 Å². The van der Waals surface area contributed by atoms with Crippen molar-refractivity contribution in [3.8, 4) is 0 Å². The number of benzene rings is 3. The first kappa shape index (κ1) is 30.9. The van der Waals surface area contributed by atoms with E-state index in [0.717, 1.165) is 0 Å². The average Bonchev–Trinajstić information content (AvgIpc) is 3.65. The molecule has 1 aliphatic heterocycles. The molecule has 14 nitrogen and oxygen atoms in total. The summed E-state index contributed by atoms with van der Waals surface area (Å²) in [4.78, 5) is 75.1. The van der Waals surface area contributed by atoms with Gasteiger partial charge in [-0.05, 0) is 36.4 Å². The quantitative estimate of drug-likeness (QED) is 0.179. The lowest BCUT2D eigenvalue weighted by Gasteiger charge is -2.25. The van der Waals surface area contributed by atoms with Gasteiger partial charge >= 0.3 is 17.9 Å². The third-order valence-corrected chi connectivity index (χ3v) is 7.18. The number of carbonyl (C=O) groups is 4. The summed E-state index contributed by atoms with van der Waals surface area (Å²) >= 11 is 0. The molecule has 1 aliphatic rings. The Morgan fingerprint density at radius 2 is 1.34 bits per heavy atom. The molecule has 0 aliphatic carbocycles. The number of anilines is 1. The lowest BCUT2D eigenvalue weighted by atomic mass is 10.1. The number of amides is 1. The summed E-state index contributed by atoms with van der Waals surface area (Å²) in [6.07, 6.45) is -3.89. The highest BCUT2D eigenvalue weighted by atomic mass is 16.7. The number of esters is 3. The Morgan fingerprint density at radius 3 is 1.89 bits per heavy atom. The Hall–Kier alpha value is -6.15. The first-order valence-electron chi connectivity index (χ1n) is 14.4. The lowest BCUT2D eigenvalue weighted by Crippen LogP contribution is -2.41. The molecule has 1 fully saturated rings. The molecule has 4 atom stereocenters.